The zero-order valence-electron chi connectivity index (χ0n) is 11.7. The zero-order valence-corrected chi connectivity index (χ0v) is 11.7. The van der Waals surface area contributed by atoms with E-state index in [4.69, 9.17) is 5.73 Å². The molecular formula is C17H18N2O2. The first kappa shape index (κ1) is 13.5. The molecule has 0 radical (unpaired) electrons. The number of hydrogen-bond donors (Lipinski definition) is 2. The van der Waals surface area contributed by atoms with Gasteiger partial charge < -0.3 is 15.7 Å². The lowest BCUT2D eigenvalue weighted by Crippen LogP contribution is -2.24. The highest BCUT2D eigenvalue weighted by Crippen LogP contribution is 2.28. The lowest BCUT2D eigenvalue weighted by Gasteiger charge is -2.25. The first-order valence-corrected chi connectivity index (χ1v) is 7.09. The summed E-state index contributed by atoms with van der Waals surface area (Å²) in [5.41, 5.74) is 10.1. The molecule has 1 aliphatic rings. The van der Waals surface area contributed by atoms with E-state index in [2.05, 4.69) is 23.1 Å². The van der Waals surface area contributed by atoms with Gasteiger partial charge in [0.1, 0.15) is 0 Å². The van der Waals surface area contributed by atoms with Crippen LogP contribution in [0.3, 0.4) is 0 Å². The SMILES string of the molecule is Nc1ccc(C(=O)O)c(N2CCCc3ccccc3C2)c1. The van der Waals surface area contributed by atoms with Gasteiger partial charge in [0.2, 0.25) is 0 Å². The number of nitrogens with two attached hydrogens (primary N) is 1. The highest BCUT2D eigenvalue weighted by atomic mass is 16.4. The van der Waals surface area contributed by atoms with E-state index in [1.807, 2.05) is 6.07 Å². The Balaban J connectivity index is 2.01. The molecule has 2 aromatic carbocycles. The average Bonchev–Trinajstić information content (AvgIpc) is 2.68. The van der Waals surface area contributed by atoms with Gasteiger partial charge in [-0.2, -0.15) is 0 Å². The number of hydrogen-bond acceptors (Lipinski definition) is 3. The van der Waals surface area contributed by atoms with Crippen molar-refractivity contribution in [1.82, 2.24) is 0 Å². The second-order valence-electron chi connectivity index (χ2n) is 5.38. The molecule has 0 saturated heterocycles. The minimum atomic E-state index is -0.914. The maximum Gasteiger partial charge on any atom is 0.337 e. The molecule has 4 heteroatoms. The lowest BCUT2D eigenvalue weighted by atomic mass is 10.0. The summed E-state index contributed by atoms with van der Waals surface area (Å²) >= 11 is 0. The Morgan fingerprint density at radius 1 is 1.14 bits per heavy atom. The van der Waals surface area contributed by atoms with Crippen LogP contribution in [-0.4, -0.2) is 17.6 Å². The fourth-order valence-electron chi connectivity index (χ4n) is 2.90. The summed E-state index contributed by atoms with van der Waals surface area (Å²) in [6, 6.07) is 13.3. The molecule has 4 nitrogen and oxygen atoms in total. The van der Waals surface area contributed by atoms with Crippen LogP contribution in [0.2, 0.25) is 0 Å². The molecule has 108 valence electrons. The predicted molar refractivity (Wildman–Crippen MR) is 83.6 cm³/mol. The molecule has 1 aliphatic heterocycles. The summed E-state index contributed by atoms with van der Waals surface area (Å²) in [4.78, 5) is 13.6. The van der Waals surface area contributed by atoms with E-state index in [9.17, 15) is 9.90 Å². The van der Waals surface area contributed by atoms with Crippen molar-refractivity contribution in [3.63, 3.8) is 0 Å². The van der Waals surface area contributed by atoms with Gasteiger partial charge in [-0.3, -0.25) is 0 Å². The molecule has 0 fully saturated rings. The van der Waals surface area contributed by atoms with Crippen LogP contribution in [0.25, 0.3) is 0 Å². The van der Waals surface area contributed by atoms with Crippen LogP contribution in [0.4, 0.5) is 11.4 Å². The highest BCUT2D eigenvalue weighted by Gasteiger charge is 2.19. The van der Waals surface area contributed by atoms with Gasteiger partial charge in [0.05, 0.1) is 11.3 Å². The summed E-state index contributed by atoms with van der Waals surface area (Å²) in [6.07, 6.45) is 2.03. The maximum absolute atomic E-state index is 11.4. The Morgan fingerprint density at radius 3 is 2.67 bits per heavy atom. The normalized spacial score (nSPS) is 14.4. The topological polar surface area (TPSA) is 66.6 Å². The average molecular weight is 282 g/mol. The summed E-state index contributed by atoms with van der Waals surface area (Å²) < 4.78 is 0. The van der Waals surface area contributed by atoms with E-state index in [1.54, 1.807) is 18.2 Å². The van der Waals surface area contributed by atoms with Crippen molar-refractivity contribution in [1.29, 1.82) is 0 Å². The van der Waals surface area contributed by atoms with Gasteiger partial charge >= 0.3 is 5.97 Å². The van der Waals surface area contributed by atoms with Crippen molar-refractivity contribution in [2.24, 2.45) is 0 Å². The molecule has 0 spiro atoms. The van der Waals surface area contributed by atoms with Crippen molar-refractivity contribution in [2.45, 2.75) is 19.4 Å². The summed E-state index contributed by atoms with van der Waals surface area (Å²) in [5.74, 6) is -0.914. The van der Waals surface area contributed by atoms with Crippen LogP contribution in [0, 0.1) is 0 Å². The van der Waals surface area contributed by atoms with Gasteiger partial charge in [0.15, 0.2) is 0 Å². The fourth-order valence-corrected chi connectivity index (χ4v) is 2.90. The van der Waals surface area contributed by atoms with Crippen molar-refractivity contribution < 1.29 is 9.90 Å². The molecule has 3 N–H and O–H groups in total. The molecule has 3 rings (SSSR count). The van der Waals surface area contributed by atoms with E-state index >= 15 is 0 Å². The number of rotatable bonds is 2. The number of carboxylic acid groups (broad SMARTS) is 1. The number of carbonyl (C=O) groups is 1. The maximum atomic E-state index is 11.4. The first-order chi connectivity index (χ1) is 10.1. The largest absolute Gasteiger partial charge is 0.478 e. The lowest BCUT2D eigenvalue weighted by molar-refractivity contribution is 0.0697. The van der Waals surface area contributed by atoms with Gasteiger partial charge in [-0.25, -0.2) is 4.79 Å². The quantitative estimate of drug-likeness (QED) is 0.831. The van der Waals surface area contributed by atoms with Crippen LogP contribution in [0.1, 0.15) is 27.9 Å². The molecule has 0 aliphatic carbocycles. The Bertz CT molecular complexity index is 682. The van der Waals surface area contributed by atoms with Crippen molar-refractivity contribution in [3.8, 4) is 0 Å². The number of anilines is 2. The van der Waals surface area contributed by atoms with E-state index < -0.39 is 5.97 Å². The van der Waals surface area contributed by atoms with E-state index in [1.165, 1.54) is 11.1 Å². The Hall–Kier alpha value is -2.49. The number of nitrogen functional groups attached to an aromatic ring is 1. The Kier molecular flexibility index (Phi) is 3.52. The van der Waals surface area contributed by atoms with Gasteiger partial charge in [-0.05, 0) is 42.2 Å². The zero-order chi connectivity index (χ0) is 14.8. The molecule has 2 aromatic rings. The van der Waals surface area contributed by atoms with Gasteiger partial charge in [-0.15, -0.1) is 0 Å². The molecule has 21 heavy (non-hydrogen) atoms. The van der Waals surface area contributed by atoms with E-state index in [0.717, 1.165) is 25.9 Å². The van der Waals surface area contributed by atoms with Crippen molar-refractivity contribution in [2.75, 3.05) is 17.2 Å². The van der Waals surface area contributed by atoms with Crippen LogP contribution < -0.4 is 10.6 Å². The minimum Gasteiger partial charge on any atom is -0.478 e. The molecule has 0 bridgehead atoms. The Morgan fingerprint density at radius 2 is 1.90 bits per heavy atom. The Labute approximate surface area is 123 Å². The summed E-state index contributed by atoms with van der Waals surface area (Å²) in [6.45, 7) is 1.55. The number of carboxylic acids is 1. The summed E-state index contributed by atoms with van der Waals surface area (Å²) in [7, 11) is 0. The van der Waals surface area contributed by atoms with Crippen molar-refractivity contribution >= 4 is 17.3 Å². The molecule has 0 atom stereocenters. The third kappa shape index (κ3) is 2.70. The van der Waals surface area contributed by atoms with Crippen LogP contribution >= 0.6 is 0 Å². The third-order valence-electron chi connectivity index (χ3n) is 3.95. The standard InChI is InChI=1S/C17H18N2O2/c18-14-7-8-15(17(20)21)16(10-14)19-9-3-6-12-4-1-2-5-13(12)11-19/h1-2,4-5,7-8,10H,3,6,9,11,18H2,(H,20,21). The van der Waals surface area contributed by atoms with Gasteiger partial charge in [-0.1, -0.05) is 24.3 Å². The number of fused-ring (bicyclic) bond motifs is 1. The number of nitrogens with zero attached hydrogens (tertiary/aromatic N) is 1. The summed E-state index contributed by atoms with van der Waals surface area (Å²) in [5, 5.41) is 9.39. The number of aryl methyl sites for hydroxylation is 1. The molecule has 0 amide bonds. The molecule has 0 saturated carbocycles. The predicted octanol–water partition coefficient (Wildman–Crippen LogP) is 2.92. The number of aromatic carboxylic acids is 1. The molecule has 1 heterocycles. The second kappa shape index (κ2) is 5.48. The van der Waals surface area contributed by atoms with Crippen molar-refractivity contribution in [3.05, 3.63) is 59.2 Å². The third-order valence-corrected chi connectivity index (χ3v) is 3.95. The van der Waals surface area contributed by atoms with E-state index in [-0.39, 0.29) is 0 Å². The highest BCUT2D eigenvalue weighted by molar-refractivity contribution is 5.95. The minimum absolute atomic E-state index is 0.309. The van der Waals surface area contributed by atoms with Gasteiger partial charge in [0.25, 0.3) is 0 Å². The van der Waals surface area contributed by atoms with Crippen LogP contribution in [-0.2, 0) is 13.0 Å². The second-order valence-corrected chi connectivity index (χ2v) is 5.38. The monoisotopic (exact) mass is 282 g/mol. The van der Waals surface area contributed by atoms with Crippen LogP contribution in [0.15, 0.2) is 42.5 Å². The molecule has 0 unspecified atom stereocenters. The van der Waals surface area contributed by atoms with Gasteiger partial charge in [0, 0.05) is 18.8 Å². The fraction of sp³-hybridized carbons (Fsp3) is 0.235. The smallest absolute Gasteiger partial charge is 0.337 e. The number of benzene rings is 2. The van der Waals surface area contributed by atoms with Crippen LogP contribution in [0.5, 0.6) is 0 Å². The van der Waals surface area contributed by atoms with E-state index in [0.29, 0.717) is 16.9 Å². The molecule has 0 aromatic heterocycles. The first-order valence-electron chi connectivity index (χ1n) is 7.09. The molecular weight excluding hydrogens is 264 g/mol.